The van der Waals surface area contributed by atoms with Crippen LogP contribution in [0.25, 0.3) is 0 Å². The Bertz CT molecular complexity index is 455. The van der Waals surface area contributed by atoms with E-state index in [4.69, 9.17) is 0 Å². The van der Waals surface area contributed by atoms with Crippen LogP contribution in [0.15, 0.2) is 12.3 Å². The number of aldehydes is 1. The quantitative estimate of drug-likeness (QED) is 0.768. The molecule has 1 aromatic rings. The van der Waals surface area contributed by atoms with E-state index in [9.17, 15) is 24.2 Å². The summed E-state index contributed by atoms with van der Waals surface area (Å²) in [5, 5.41) is 19.2. The van der Waals surface area contributed by atoms with Gasteiger partial charge < -0.3 is 10.2 Å². The lowest BCUT2D eigenvalue weighted by Crippen LogP contribution is -2.22. The van der Waals surface area contributed by atoms with E-state index in [-0.39, 0.29) is 22.1 Å². The van der Waals surface area contributed by atoms with Crippen LogP contribution >= 0.6 is 11.8 Å². The number of pyridine rings is 1. The minimum atomic E-state index is -1.38. The van der Waals surface area contributed by atoms with Crippen LogP contribution in [0.5, 0.6) is 0 Å². The molecule has 0 saturated heterocycles. The molecule has 1 aromatic heterocycles. The summed E-state index contributed by atoms with van der Waals surface area (Å²) < 4.78 is 13.0. The molecule has 2 N–H and O–H groups in total. The average Bonchev–Trinajstić information content (AvgIpc) is 2.35. The molecule has 18 heavy (non-hydrogen) atoms. The number of halogens is 1. The Kier molecular flexibility index (Phi) is 5.39. The Labute approximate surface area is 107 Å². The lowest BCUT2D eigenvalue weighted by Gasteiger charge is -2.16. The number of hydrogen-bond acceptors (Lipinski definition) is 6. The third-order valence-corrected chi connectivity index (χ3v) is 3.07. The Morgan fingerprint density at radius 3 is 2.83 bits per heavy atom. The van der Waals surface area contributed by atoms with Crippen molar-refractivity contribution in [2.24, 2.45) is 0 Å². The van der Waals surface area contributed by atoms with Gasteiger partial charge in [-0.25, -0.2) is 4.39 Å². The average molecular weight is 273 g/mol. The standard InChI is InChI=1S/C11H12FNO4S/c1-6(15)18-5-10(16)11(17)9-2-7(4-14)8(12)3-13-9/h2-4,10-11,16-17H,5H2,1H3. The predicted octanol–water partition coefficient (Wildman–Crippen LogP) is 0.707. The number of rotatable bonds is 5. The summed E-state index contributed by atoms with van der Waals surface area (Å²) in [7, 11) is 0. The van der Waals surface area contributed by atoms with Crippen molar-refractivity contribution in [3.05, 3.63) is 29.3 Å². The van der Waals surface area contributed by atoms with E-state index in [0.717, 1.165) is 24.0 Å². The molecule has 0 aliphatic heterocycles. The maximum absolute atomic E-state index is 13.0. The van der Waals surface area contributed by atoms with Crippen LogP contribution in [0.3, 0.4) is 0 Å². The zero-order chi connectivity index (χ0) is 13.7. The van der Waals surface area contributed by atoms with Crippen molar-refractivity contribution in [2.45, 2.75) is 19.1 Å². The van der Waals surface area contributed by atoms with Gasteiger partial charge in [-0.2, -0.15) is 0 Å². The summed E-state index contributed by atoms with van der Waals surface area (Å²) >= 11 is 0.855. The Balaban J connectivity index is 2.79. The molecule has 1 heterocycles. The Morgan fingerprint density at radius 1 is 1.61 bits per heavy atom. The molecule has 0 aromatic carbocycles. The van der Waals surface area contributed by atoms with Crippen molar-refractivity contribution in [1.82, 2.24) is 4.98 Å². The number of carbonyl (C=O) groups is 2. The highest BCUT2D eigenvalue weighted by molar-refractivity contribution is 8.13. The monoisotopic (exact) mass is 273 g/mol. The molecule has 0 spiro atoms. The van der Waals surface area contributed by atoms with Crippen LogP contribution < -0.4 is 0 Å². The molecule has 0 radical (unpaired) electrons. The Hall–Kier alpha value is -1.31. The first-order valence-corrected chi connectivity index (χ1v) is 6.04. The fourth-order valence-electron chi connectivity index (χ4n) is 1.21. The highest BCUT2D eigenvalue weighted by atomic mass is 32.2. The highest BCUT2D eigenvalue weighted by Crippen LogP contribution is 2.19. The van der Waals surface area contributed by atoms with Crippen LogP contribution in [-0.2, 0) is 4.79 Å². The van der Waals surface area contributed by atoms with Gasteiger partial charge in [0.15, 0.2) is 17.2 Å². The first kappa shape index (κ1) is 14.7. The number of nitrogens with zero attached hydrogens (tertiary/aromatic N) is 1. The molecule has 0 fully saturated rings. The Morgan fingerprint density at radius 2 is 2.28 bits per heavy atom. The van der Waals surface area contributed by atoms with Gasteiger partial charge >= 0.3 is 0 Å². The number of thioether (sulfide) groups is 1. The maximum Gasteiger partial charge on any atom is 0.185 e. The number of aliphatic hydroxyl groups is 2. The maximum atomic E-state index is 13.0. The number of hydrogen-bond donors (Lipinski definition) is 2. The summed E-state index contributed by atoms with van der Waals surface area (Å²) in [6.45, 7) is 1.34. The molecule has 0 bridgehead atoms. The van der Waals surface area contributed by atoms with Crippen LogP contribution in [0.1, 0.15) is 29.1 Å². The van der Waals surface area contributed by atoms with Crippen molar-refractivity contribution >= 4 is 23.2 Å². The summed E-state index contributed by atoms with van der Waals surface area (Å²) in [4.78, 5) is 24.8. The third-order valence-electron chi connectivity index (χ3n) is 2.16. The van der Waals surface area contributed by atoms with Gasteiger partial charge in [-0.1, -0.05) is 11.8 Å². The topological polar surface area (TPSA) is 87.5 Å². The summed E-state index contributed by atoms with van der Waals surface area (Å²) in [6.07, 6.45) is -1.51. The van der Waals surface area contributed by atoms with E-state index in [1.807, 2.05) is 0 Å². The van der Waals surface area contributed by atoms with Gasteiger partial charge in [-0.05, 0) is 6.07 Å². The molecule has 7 heteroatoms. The predicted molar refractivity (Wildman–Crippen MR) is 63.7 cm³/mol. The normalized spacial score (nSPS) is 14.0. The van der Waals surface area contributed by atoms with Gasteiger partial charge in [0.25, 0.3) is 0 Å². The highest BCUT2D eigenvalue weighted by Gasteiger charge is 2.21. The molecule has 0 aliphatic carbocycles. The first-order chi connectivity index (χ1) is 8.45. The largest absolute Gasteiger partial charge is 0.389 e. The second-order valence-corrected chi connectivity index (χ2v) is 4.76. The number of carbonyl (C=O) groups excluding carboxylic acids is 2. The van der Waals surface area contributed by atoms with E-state index < -0.39 is 18.0 Å². The van der Waals surface area contributed by atoms with E-state index in [1.165, 1.54) is 6.92 Å². The van der Waals surface area contributed by atoms with Crippen LogP contribution in [0.4, 0.5) is 4.39 Å². The van der Waals surface area contributed by atoms with Gasteiger partial charge in [-0.3, -0.25) is 14.6 Å². The second-order valence-electron chi connectivity index (χ2n) is 3.56. The lowest BCUT2D eigenvalue weighted by atomic mass is 10.1. The van der Waals surface area contributed by atoms with Gasteiger partial charge in [0.05, 0.1) is 23.6 Å². The van der Waals surface area contributed by atoms with Crippen LogP contribution in [0.2, 0.25) is 0 Å². The molecule has 1 rings (SSSR count). The number of aromatic nitrogens is 1. The molecule has 2 atom stereocenters. The van der Waals surface area contributed by atoms with Gasteiger partial charge in [0.1, 0.15) is 6.10 Å². The molecule has 2 unspecified atom stereocenters. The zero-order valence-corrected chi connectivity index (χ0v) is 10.4. The van der Waals surface area contributed by atoms with Gasteiger partial charge in [-0.15, -0.1) is 0 Å². The first-order valence-electron chi connectivity index (χ1n) is 5.05. The summed E-state index contributed by atoms with van der Waals surface area (Å²) in [5.74, 6) is -0.806. The molecule has 0 amide bonds. The van der Waals surface area contributed by atoms with Crippen LogP contribution in [-0.4, -0.2) is 38.5 Å². The smallest absolute Gasteiger partial charge is 0.185 e. The van der Waals surface area contributed by atoms with Gasteiger partial charge in [0.2, 0.25) is 0 Å². The molecular formula is C11H12FNO4S. The third kappa shape index (κ3) is 3.86. The fraction of sp³-hybridized carbons (Fsp3) is 0.364. The van der Waals surface area contributed by atoms with E-state index in [2.05, 4.69) is 4.98 Å². The van der Waals surface area contributed by atoms with Crippen molar-refractivity contribution < 1.29 is 24.2 Å². The minimum Gasteiger partial charge on any atom is -0.389 e. The molecule has 0 saturated carbocycles. The lowest BCUT2D eigenvalue weighted by molar-refractivity contribution is -0.109. The van der Waals surface area contributed by atoms with E-state index in [1.54, 1.807) is 0 Å². The fourth-order valence-corrected chi connectivity index (χ4v) is 1.80. The van der Waals surface area contributed by atoms with Crippen molar-refractivity contribution in [3.63, 3.8) is 0 Å². The van der Waals surface area contributed by atoms with E-state index >= 15 is 0 Å². The molecular weight excluding hydrogens is 261 g/mol. The molecule has 98 valence electrons. The SMILES string of the molecule is CC(=O)SCC(O)C(O)c1cc(C=O)c(F)cn1. The summed E-state index contributed by atoms with van der Waals surface area (Å²) in [5.41, 5.74) is -0.263. The molecule has 5 nitrogen and oxygen atoms in total. The van der Waals surface area contributed by atoms with Gasteiger partial charge in [0, 0.05) is 12.7 Å². The minimum absolute atomic E-state index is 0.00796. The number of aliphatic hydroxyl groups excluding tert-OH is 2. The van der Waals surface area contributed by atoms with E-state index in [0.29, 0.717) is 6.29 Å². The van der Waals surface area contributed by atoms with Crippen molar-refractivity contribution in [2.75, 3.05) is 5.75 Å². The summed E-state index contributed by atoms with van der Waals surface area (Å²) in [6, 6.07) is 1.06. The second kappa shape index (κ2) is 6.58. The van der Waals surface area contributed by atoms with Crippen LogP contribution in [0, 0.1) is 5.82 Å². The molecule has 0 aliphatic rings. The zero-order valence-electron chi connectivity index (χ0n) is 9.54. The van der Waals surface area contributed by atoms with Crippen molar-refractivity contribution in [1.29, 1.82) is 0 Å². The van der Waals surface area contributed by atoms with Crippen molar-refractivity contribution in [3.8, 4) is 0 Å².